The number of carbonyl (C=O) groups excluding carboxylic acids is 1. The molecule has 3 rings (SSSR count). The topological polar surface area (TPSA) is 62.1 Å². The number of nitriles is 1. The van der Waals surface area contributed by atoms with E-state index < -0.39 is 5.91 Å². The highest BCUT2D eigenvalue weighted by Crippen LogP contribution is 2.36. The largest absolute Gasteiger partial charge is 0.487 e. The average Bonchev–Trinajstić information content (AvgIpc) is 2.73. The molecular formula is C24H17Br2ClN2O2. The van der Waals surface area contributed by atoms with Crippen molar-refractivity contribution >= 4 is 61.1 Å². The number of nitrogens with zero attached hydrogens (tertiary/aromatic N) is 1. The summed E-state index contributed by atoms with van der Waals surface area (Å²) < 4.78 is 7.36. The van der Waals surface area contributed by atoms with E-state index in [4.69, 9.17) is 16.3 Å². The first-order valence-corrected chi connectivity index (χ1v) is 11.2. The number of hydrogen-bond acceptors (Lipinski definition) is 3. The Morgan fingerprint density at radius 1 is 1.13 bits per heavy atom. The van der Waals surface area contributed by atoms with E-state index in [1.54, 1.807) is 36.4 Å². The molecule has 1 amide bonds. The minimum absolute atomic E-state index is 0.0489. The maximum Gasteiger partial charge on any atom is 0.266 e. The van der Waals surface area contributed by atoms with E-state index in [0.717, 1.165) is 5.56 Å². The van der Waals surface area contributed by atoms with Crippen LogP contribution in [0.25, 0.3) is 6.08 Å². The summed E-state index contributed by atoms with van der Waals surface area (Å²) in [7, 11) is 0. The van der Waals surface area contributed by atoms with Crippen molar-refractivity contribution in [2.75, 3.05) is 5.32 Å². The maximum absolute atomic E-state index is 12.5. The molecule has 0 bridgehead atoms. The number of carbonyl (C=O) groups is 1. The van der Waals surface area contributed by atoms with Crippen molar-refractivity contribution in [2.45, 2.75) is 13.5 Å². The van der Waals surface area contributed by atoms with Gasteiger partial charge in [-0.05, 0) is 80.3 Å². The molecule has 7 heteroatoms. The van der Waals surface area contributed by atoms with Crippen molar-refractivity contribution in [2.24, 2.45) is 0 Å². The molecule has 0 radical (unpaired) electrons. The molecule has 31 heavy (non-hydrogen) atoms. The first-order valence-electron chi connectivity index (χ1n) is 9.22. The van der Waals surface area contributed by atoms with Crippen LogP contribution in [0.2, 0.25) is 5.02 Å². The maximum atomic E-state index is 12.5. The van der Waals surface area contributed by atoms with Crippen molar-refractivity contribution in [1.29, 1.82) is 5.26 Å². The summed E-state index contributed by atoms with van der Waals surface area (Å²) in [5.74, 6) is 0.0975. The van der Waals surface area contributed by atoms with Gasteiger partial charge in [0, 0.05) is 0 Å². The summed E-state index contributed by atoms with van der Waals surface area (Å²) in [6.07, 6.45) is 1.51. The van der Waals surface area contributed by atoms with Crippen LogP contribution in [-0.4, -0.2) is 5.91 Å². The van der Waals surface area contributed by atoms with Crippen LogP contribution in [0.15, 0.2) is 75.2 Å². The van der Waals surface area contributed by atoms with Crippen LogP contribution >= 0.6 is 43.5 Å². The SMILES string of the molecule is Cc1cccc(COc2c(Br)cc(/C=C(\C#N)C(=O)Nc3ccccc3Cl)cc2Br)c1. The number of aryl methyl sites for hydroxylation is 1. The molecule has 0 aliphatic carbocycles. The monoisotopic (exact) mass is 558 g/mol. The molecule has 4 nitrogen and oxygen atoms in total. The second-order valence-electron chi connectivity index (χ2n) is 6.70. The molecule has 156 valence electrons. The minimum Gasteiger partial charge on any atom is -0.487 e. The molecule has 0 unspecified atom stereocenters. The molecule has 0 aromatic heterocycles. The van der Waals surface area contributed by atoms with Gasteiger partial charge in [0.15, 0.2) is 0 Å². The van der Waals surface area contributed by atoms with Gasteiger partial charge in [0.25, 0.3) is 5.91 Å². The fraction of sp³-hybridized carbons (Fsp3) is 0.0833. The van der Waals surface area contributed by atoms with Crippen molar-refractivity contribution in [3.05, 3.63) is 96.9 Å². The Kier molecular flexibility index (Phi) is 7.91. The van der Waals surface area contributed by atoms with Gasteiger partial charge in [-0.2, -0.15) is 5.26 Å². The van der Waals surface area contributed by atoms with Gasteiger partial charge in [0.2, 0.25) is 0 Å². The number of amides is 1. The minimum atomic E-state index is -0.539. The zero-order chi connectivity index (χ0) is 22.4. The molecule has 3 aromatic rings. The van der Waals surface area contributed by atoms with Gasteiger partial charge < -0.3 is 10.1 Å². The van der Waals surface area contributed by atoms with Gasteiger partial charge in [0.05, 0.1) is 19.7 Å². The lowest BCUT2D eigenvalue weighted by Gasteiger charge is -2.12. The van der Waals surface area contributed by atoms with E-state index in [1.807, 2.05) is 31.2 Å². The van der Waals surface area contributed by atoms with E-state index >= 15 is 0 Å². The van der Waals surface area contributed by atoms with E-state index in [1.165, 1.54) is 11.6 Å². The molecule has 0 spiro atoms. The number of halogens is 3. The Balaban J connectivity index is 1.78. The molecular weight excluding hydrogens is 544 g/mol. The summed E-state index contributed by atoms with van der Waals surface area (Å²) >= 11 is 13.1. The highest BCUT2D eigenvalue weighted by atomic mass is 79.9. The zero-order valence-electron chi connectivity index (χ0n) is 16.5. The van der Waals surface area contributed by atoms with Gasteiger partial charge in [-0.25, -0.2) is 0 Å². The smallest absolute Gasteiger partial charge is 0.266 e. The van der Waals surface area contributed by atoms with E-state index in [0.29, 0.717) is 37.6 Å². The fourth-order valence-corrected chi connectivity index (χ4v) is 4.46. The molecule has 0 saturated heterocycles. The number of rotatable bonds is 6. The predicted molar refractivity (Wildman–Crippen MR) is 131 cm³/mol. The van der Waals surface area contributed by atoms with Crippen LogP contribution in [0.3, 0.4) is 0 Å². The molecule has 0 aliphatic rings. The van der Waals surface area contributed by atoms with Gasteiger partial charge in [-0.15, -0.1) is 0 Å². The third-order valence-corrected chi connectivity index (χ3v) is 5.79. The summed E-state index contributed by atoms with van der Waals surface area (Å²) in [6, 6.07) is 20.5. The number of para-hydroxylation sites is 1. The summed E-state index contributed by atoms with van der Waals surface area (Å²) in [6.45, 7) is 2.45. The zero-order valence-corrected chi connectivity index (χ0v) is 20.4. The molecule has 3 aromatic carbocycles. The normalized spacial score (nSPS) is 11.0. The first-order chi connectivity index (χ1) is 14.9. The van der Waals surface area contributed by atoms with Crippen molar-refractivity contribution in [3.63, 3.8) is 0 Å². The van der Waals surface area contributed by atoms with Gasteiger partial charge >= 0.3 is 0 Å². The summed E-state index contributed by atoms with van der Waals surface area (Å²) in [5, 5.41) is 12.5. The Labute approximate surface area is 202 Å². The lowest BCUT2D eigenvalue weighted by Crippen LogP contribution is -2.13. The molecule has 0 fully saturated rings. The molecule has 0 saturated carbocycles. The van der Waals surface area contributed by atoms with Crippen LogP contribution in [0.4, 0.5) is 5.69 Å². The highest BCUT2D eigenvalue weighted by Gasteiger charge is 2.14. The van der Waals surface area contributed by atoms with Crippen LogP contribution in [0.5, 0.6) is 5.75 Å². The molecule has 0 aliphatic heterocycles. The Bertz CT molecular complexity index is 1180. The van der Waals surface area contributed by atoms with Crippen molar-refractivity contribution in [1.82, 2.24) is 0 Å². The number of benzene rings is 3. The second kappa shape index (κ2) is 10.6. The van der Waals surface area contributed by atoms with Gasteiger partial charge in [0.1, 0.15) is 24.0 Å². The van der Waals surface area contributed by atoms with E-state index in [9.17, 15) is 10.1 Å². The Hall–Kier alpha value is -2.59. The lowest BCUT2D eigenvalue weighted by molar-refractivity contribution is -0.112. The second-order valence-corrected chi connectivity index (χ2v) is 8.81. The number of anilines is 1. The number of nitrogens with one attached hydrogen (secondary N) is 1. The first kappa shape index (κ1) is 23.1. The Morgan fingerprint density at radius 3 is 2.48 bits per heavy atom. The van der Waals surface area contributed by atoms with Crippen LogP contribution in [0, 0.1) is 18.3 Å². The van der Waals surface area contributed by atoms with Crippen LogP contribution in [-0.2, 0) is 11.4 Å². The quantitative estimate of drug-likeness (QED) is 0.254. The van der Waals surface area contributed by atoms with Gasteiger partial charge in [-0.3, -0.25) is 4.79 Å². The molecule has 0 heterocycles. The highest BCUT2D eigenvalue weighted by molar-refractivity contribution is 9.11. The standard InChI is InChI=1S/C24H17Br2ClN2O2/c1-15-5-4-6-16(9-15)14-31-23-19(25)11-17(12-20(23)26)10-18(13-28)24(30)29-22-8-3-2-7-21(22)27/h2-12H,14H2,1H3,(H,29,30)/b18-10+. The van der Waals surface area contributed by atoms with Gasteiger partial charge in [-0.1, -0.05) is 53.6 Å². The van der Waals surface area contributed by atoms with Crippen molar-refractivity contribution in [3.8, 4) is 11.8 Å². The summed E-state index contributed by atoms with van der Waals surface area (Å²) in [5.41, 5.74) is 3.28. The van der Waals surface area contributed by atoms with Crippen LogP contribution in [0.1, 0.15) is 16.7 Å². The average molecular weight is 561 g/mol. The van der Waals surface area contributed by atoms with Crippen LogP contribution < -0.4 is 10.1 Å². The van der Waals surface area contributed by atoms with Crippen molar-refractivity contribution < 1.29 is 9.53 Å². The molecule has 0 atom stereocenters. The van der Waals surface area contributed by atoms with E-state index in [-0.39, 0.29) is 5.57 Å². The number of hydrogen-bond donors (Lipinski definition) is 1. The summed E-state index contributed by atoms with van der Waals surface area (Å²) in [4.78, 5) is 12.5. The van der Waals surface area contributed by atoms with E-state index in [2.05, 4.69) is 43.2 Å². The fourth-order valence-electron chi connectivity index (χ4n) is 2.83. The Morgan fingerprint density at radius 2 is 1.84 bits per heavy atom. The number of ether oxygens (including phenoxy) is 1. The third-order valence-electron chi connectivity index (χ3n) is 4.28. The predicted octanol–water partition coefficient (Wildman–Crippen LogP) is 7.30. The third kappa shape index (κ3) is 6.20. The molecule has 1 N–H and O–H groups in total. The lowest BCUT2D eigenvalue weighted by atomic mass is 10.1.